The normalized spacial score (nSPS) is 11.1. The number of aromatic nitrogens is 1. The number of benzene rings is 1. The number of nitrogens with two attached hydrogens (primary N) is 1. The van der Waals surface area contributed by atoms with Crippen molar-refractivity contribution < 1.29 is 4.52 Å². The van der Waals surface area contributed by atoms with Gasteiger partial charge in [-0.15, -0.1) is 0 Å². The molecule has 3 heteroatoms. The summed E-state index contributed by atoms with van der Waals surface area (Å²) in [6, 6.07) is 6.26. The van der Waals surface area contributed by atoms with Gasteiger partial charge in [-0.3, -0.25) is 0 Å². The molecule has 0 saturated carbocycles. The lowest BCUT2D eigenvalue weighted by atomic mass is 10.1. The Morgan fingerprint density at radius 2 is 2.20 bits per heavy atom. The molecular formula is C12H16N2O. The molecule has 15 heavy (non-hydrogen) atoms. The van der Waals surface area contributed by atoms with Gasteiger partial charge in [-0.2, -0.15) is 0 Å². The van der Waals surface area contributed by atoms with E-state index in [0.29, 0.717) is 0 Å². The Balaban J connectivity index is 2.18. The van der Waals surface area contributed by atoms with Crippen LogP contribution in [0.3, 0.4) is 0 Å². The summed E-state index contributed by atoms with van der Waals surface area (Å²) in [7, 11) is 0. The smallest absolute Gasteiger partial charge is 0.167 e. The quantitative estimate of drug-likeness (QED) is 0.778. The van der Waals surface area contributed by atoms with Crippen LogP contribution in [-0.2, 0) is 6.42 Å². The van der Waals surface area contributed by atoms with E-state index in [9.17, 15) is 0 Å². The highest BCUT2D eigenvalue weighted by molar-refractivity contribution is 5.79. The maximum atomic E-state index is 5.47. The van der Waals surface area contributed by atoms with Crippen LogP contribution in [0.15, 0.2) is 22.7 Å². The number of aryl methyl sites for hydroxylation is 2. The minimum absolute atomic E-state index is 0.772. The van der Waals surface area contributed by atoms with E-state index in [0.717, 1.165) is 42.5 Å². The molecule has 0 amide bonds. The summed E-state index contributed by atoms with van der Waals surface area (Å²) >= 11 is 0. The predicted molar refractivity (Wildman–Crippen MR) is 60.7 cm³/mol. The Bertz CT molecular complexity index is 448. The molecule has 2 N–H and O–H groups in total. The summed E-state index contributed by atoms with van der Waals surface area (Å²) in [6.07, 6.45) is 3.31. The Kier molecular flexibility index (Phi) is 3.02. The number of fused-ring (bicyclic) bond motifs is 1. The number of hydrogen-bond acceptors (Lipinski definition) is 3. The largest absolute Gasteiger partial charge is 0.356 e. The van der Waals surface area contributed by atoms with Gasteiger partial charge in [-0.25, -0.2) is 0 Å². The van der Waals surface area contributed by atoms with Gasteiger partial charge >= 0.3 is 0 Å². The van der Waals surface area contributed by atoms with Crippen LogP contribution >= 0.6 is 0 Å². The van der Waals surface area contributed by atoms with E-state index in [1.54, 1.807) is 0 Å². The van der Waals surface area contributed by atoms with Crippen LogP contribution in [0.2, 0.25) is 0 Å². The van der Waals surface area contributed by atoms with Gasteiger partial charge in [0.2, 0.25) is 0 Å². The second-order valence-corrected chi connectivity index (χ2v) is 3.84. The fourth-order valence-electron chi connectivity index (χ4n) is 1.74. The minimum atomic E-state index is 0.772. The summed E-state index contributed by atoms with van der Waals surface area (Å²) in [4.78, 5) is 0. The molecule has 1 aromatic heterocycles. The Labute approximate surface area is 89.2 Å². The van der Waals surface area contributed by atoms with Crippen molar-refractivity contribution in [2.45, 2.75) is 26.2 Å². The van der Waals surface area contributed by atoms with Crippen molar-refractivity contribution in [1.82, 2.24) is 5.16 Å². The lowest BCUT2D eigenvalue weighted by Crippen LogP contribution is -1.98. The zero-order valence-electron chi connectivity index (χ0n) is 8.99. The maximum absolute atomic E-state index is 5.47. The number of hydrogen-bond donors (Lipinski definition) is 1. The fourth-order valence-corrected chi connectivity index (χ4v) is 1.74. The molecule has 0 aliphatic carbocycles. The molecule has 0 unspecified atom stereocenters. The van der Waals surface area contributed by atoms with Crippen LogP contribution in [0.5, 0.6) is 0 Å². The van der Waals surface area contributed by atoms with Gasteiger partial charge in [0.25, 0.3) is 0 Å². The predicted octanol–water partition coefficient (Wildman–Crippen LogP) is 2.42. The molecule has 1 heterocycles. The summed E-state index contributed by atoms with van der Waals surface area (Å²) in [5.41, 5.74) is 8.64. The number of nitrogens with zero attached hydrogens (tertiary/aromatic N) is 1. The highest BCUT2D eigenvalue weighted by Gasteiger charge is 2.04. The summed E-state index contributed by atoms with van der Waals surface area (Å²) in [6.45, 7) is 2.74. The van der Waals surface area contributed by atoms with E-state index >= 15 is 0 Å². The first kappa shape index (κ1) is 10.2. The zero-order chi connectivity index (χ0) is 10.7. The van der Waals surface area contributed by atoms with Crippen LogP contribution in [-0.4, -0.2) is 11.7 Å². The van der Waals surface area contributed by atoms with Gasteiger partial charge in [-0.05, 0) is 50.4 Å². The van der Waals surface area contributed by atoms with Gasteiger partial charge in [-0.1, -0.05) is 11.2 Å². The van der Waals surface area contributed by atoms with Crippen LogP contribution in [0, 0.1) is 6.92 Å². The third kappa shape index (κ3) is 2.18. The van der Waals surface area contributed by atoms with Crippen molar-refractivity contribution in [3.63, 3.8) is 0 Å². The molecule has 3 nitrogen and oxygen atoms in total. The average molecular weight is 204 g/mol. The Hall–Kier alpha value is -1.35. The molecule has 2 rings (SSSR count). The van der Waals surface area contributed by atoms with Crippen molar-refractivity contribution in [2.24, 2.45) is 5.73 Å². The van der Waals surface area contributed by atoms with Crippen LogP contribution in [0.25, 0.3) is 11.0 Å². The second kappa shape index (κ2) is 4.45. The molecule has 0 spiro atoms. The van der Waals surface area contributed by atoms with E-state index < -0.39 is 0 Å². The molecular weight excluding hydrogens is 188 g/mol. The molecule has 0 aliphatic rings. The highest BCUT2D eigenvalue weighted by atomic mass is 16.5. The van der Waals surface area contributed by atoms with Crippen LogP contribution < -0.4 is 5.73 Å². The lowest BCUT2D eigenvalue weighted by Gasteiger charge is -2.00. The van der Waals surface area contributed by atoms with E-state index in [-0.39, 0.29) is 0 Å². The van der Waals surface area contributed by atoms with E-state index in [4.69, 9.17) is 10.3 Å². The molecule has 0 radical (unpaired) electrons. The first-order valence-corrected chi connectivity index (χ1v) is 5.36. The molecule has 80 valence electrons. The number of rotatable bonds is 4. The number of unbranched alkanes of at least 4 members (excludes halogenated alkanes) is 1. The third-order valence-electron chi connectivity index (χ3n) is 2.63. The minimum Gasteiger partial charge on any atom is -0.356 e. The van der Waals surface area contributed by atoms with E-state index in [2.05, 4.69) is 17.3 Å². The molecule has 1 aromatic carbocycles. The van der Waals surface area contributed by atoms with Crippen LogP contribution in [0.4, 0.5) is 0 Å². The summed E-state index contributed by atoms with van der Waals surface area (Å²) in [5, 5.41) is 5.06. The summed E-state index contributed by atoms with van der Waals surface area (Å²) < 4.78 is 5.16. The van der Waals surface area contributed by atoms with Gasteiger partial charge in [0.05, 0.1) is 5.69 Å². The Morgan fingerprint density at radius 3 is 3.00 bits per heavy atom. The standard InChI is InChI=1S/C12H16N2O/c1-9-11-8-10(4-2-3-7-13)5-6-12(11)15-14-9/h5-6,8H,2-4,7,13H2,1H3. The molecule has 0 saturated heterocycles. The summed E-state index contributed by atoms with van der Waals surface area (Å²) in [5.74, 6) is 0. The topological polar surface area (TPSA) is 52.0 Å². The molecule has 0 atom stereocenters. The molecule has 0 aliphatic heterocycles. The van der Waals surface area contributed by atoms with Gasteiger partial charge in [0, 0.05) is 5.39 Å². The average Bonchev–Trinajstić information content (AvgIpc) is 2.61. The van der Waals surface area contributed by atoms with Crippen molar-refractivity contribution in [3.8, 4) is 0 Å². The van der Waals surface area contributed by atoms with Gasteiger partial charge in [0.1, 0.15) is 0 Å². The van der Waals surface area contributed by atoms with Crippen molar-refractivity contribution in [1.29, 1.82) is 0 Å². The molecule has 2 aromatic rings. The fraction of sp³-hybridized carbons (Fsp3) is 0.417. The first-order valence-electron chi connectivity index (χ1n) is 5.36. The van der Waals surface area contributed by atoms with E-state index in [1.807, 2.05) is 13.0 Å². The Morgan fingerprint density at radius 1 is 1.33 bits per heavy atom. The third-order valence-corrected chi connectivity index (χ3v) is 2.63. The SMILES string of the molecule is Cc1noc2ccc(CCCCN)cc12. The molecule has 0 fully saturated rings. The lowest BCUT2D eigenvalue weighted by molar-refractivity contribution is 0.450. The van der Waals surface area contributed by atoms with Gasteiger partial charge in [0.15, 0.2) is 5.58 Å². The first-order chi connectivity index (χ1) is 7.31. The van der Waals surface area contributed by atoms with Crippen molar-refractivity contribution >= 4 is 11.0 Å². The monoisotopic (exact) mass is 204 g/mol. The van der Waals surface area contributed by atoms with Crippen LogP contribution in [0.1, 0.15) is 24.1 Å². The molecule has 0 bridgehead atoms. The van der Waals surface area contributed by atoms with E-state index in [1.165, 1.54) is 5.56 Å². The highest BCUT2D eigenvalue weighted by Crippen LogP contribution is 2.20. The second-order valence-electron chi connectivity index (χ2n) is 3.84. The zero-order valence-corrected chi connectivity index (χ0v) is 8.99. The maximum Gasteiger partial charge on any atom is 0.167 e. The van der Waals surface area contributed by atoms with Crippen molar-refractivity contribution in [2.75, 3.05) is 6.54 Å². The van der Waals surface area contributed by atoms with Crippen molar-refractivity contribution in [3.05, 3.63) is 29.5 Å². The van der Waals surface area contributed by atoms with Gasteiger partial charge < -0.3 is 10.3 Å².